The maximum atomic E-state index is 12.8. The number of rotatable bonds is 4. The zero-order valence-electron chi connectivity index (χ0n) is 19.1. The van der Waals surface area contributed by atoms with E-state index in [1.165, 1.54) is 27.4 Å². The molecule has 0 radical (unpaired) electrons. The van der Waals surface area contributed by atoms with Crippen LogP contribution in [-0.2, 0) is 30.5 Å². The zero-order chi connectivity index (χ0) is 25.0. The van der Waals surface area contributed by atoms with E-state index in [1.54, 1.807) is 54.9 Å². The molecule has 4 heterocycles. The van der Waals surface area contributed by atoms with Crippen molar-refractivity contribution in [3.63, 3.8) is 0 Å². The fourth-order valence-electron chi connectivity index (χ4n) is 3.80. The number of furan rings is 1. The second-order valence-corrected chi connectivity index (χ2v) is 9.00. The quantitative estimate of drug-likeness (QED) is 0.295. The number of fused-ring (bicyclic) bond motifs is 1. The summed E-state index contributed by atoms with van der Waals surface area (Å²) in [7, 11) is 0. The molecule has 0 bridgehead atoms. The van der Waals surface area contributed by atoms with Gasteiger partial charge in [0.1, 0.15) is 5.76 Å². The molecular formula is C26H24F3N3O2S. The second kappa shape index (κ2) is 10.4. The van der Waals surface area contributed by atoms with Crippen LogP contribution in [0.1, 0.15) is 23.1 Å². The molecule has 0 unspecified atom stereocenters. The first-order valence-electron chi connectivity index (χ1n) is 11.1. The maximum Gasteiger partial charge on any atom is 0.435 e. The smallest absolute Gasteiger partial charge is 0.435 e. The van der Waals surface area contributed by atoms with E-state index >= 15 is 0 Å². The zero-order valence-corrected chi connectivity index (χ0v) is 19.9. The van der Waals surface area contributed by atoms with E-state index < -0.39 is 11.9 Å². The van der Waals surface area contributed by atoms with Gasteiger partial charge in [-0.15, -0.1) is 11.3 Å². The lowest BCUT2D eigenvalue weighted by Crippen LogP contribution is -2.33. The average molecular weight is 500 g/mol. The van der Waals surface area contributed by atoms with Crippen LogP contribution < -0.4 is 0 Å². The summed E-state index contributed by atoms with van der Waals surface area (Å²) in [5.74, 6) is 0.907. The minimum atomic E-state index is -4.43. The van der Waals surface area contributed by atoms with Gasteiger partial charge >= 0.3 is 6.18 Å². The van der Waals surface area contributed by atoms with Crippen molar-refractivity contribution in [2.75, 3.05) is 6.54 Å². The van der Waals surface area contributed by atoms with Crippen LogP contribution in [0.5, 0.6) is 0 Å². The number of halogens is 3. The van der Waals surface area contributed by atoms with Crippen LogP contribution in [0.15, 0.2) is 78.1 Å². The van der Waals surface area contributed by atoms with Gasteiger partial charge in [-0.05, 0) is 48.7 Å². The van der Waals surface area contributed by atoms with Gasteiger partial charge in [0.2, 0.25) is 5.91 Å². The molecule has 0 fully saturated rings. The molecule has 0 N–H and O–H groups in total. The fourth-order valence-corrected chi connectivity index (χ4v) is 4.99. The fraction of sp³-hybridized carbons (Fsp3) is 0.231. The van der Waals surface area contributed by atoms with Crippen molar-refractivity contribution in [3.05, 3.63) is 89.8 Å². The van der Waals surface area contributed by atoms with Gasteiger partial charge in [0.15, 0.2) is 5.69 Å². The van der Waals surface area contributed by atoms with E-state index in [1.807, 2.05) is 17.0 Å². The van der Waals surface area contributed by atoms with Crippen molar-refractivity contribution >= 4 is 17.2 Å². The molecule has 182 valence electrons. The number of thiophene rings is 1. The number of alkyl halides is 3. The molecule has 5 nitrogen and oxygen atoms in total. The first-order valence-corrected chi connectivity index (χ1v) is 11.9. The third-order valence-electron chi connectivity index (χ3n) is 5.57. The summed E-state index contributed by atoms with van der Waals surface area (Å²) >= 11 is 1.70. The third-order valence-corrected chi connectivity index (χ3v) is 6.75. The highest BCUT2D eigenvalue weighted by molar-refractivity contribution is 7.15. The number of carbonyl (C=O) groups excluding carboxylic acids is 1. The largest absolute Gasteiger partial charge is 0.464 e. The minimum absolute atomic E-state index is 0.00796. The van der Waals surface area contributed by atoms with E-state index in [9.17, 15) is 18.0 Å². The van der Waals surface area contributed by atoms with E-state index in [2.05, 4.69) is 17.7 Å². The van der Waals surface area contributed by atoms with Crippen molar-refractivity contribution in [1.29, 1.82) is 0 Å². The lowest BCUT2D eigenvalue weighted by atomic mass is 10.1. The number of aromatic nitrogens is 2. The van der Waals surface area contributed by atoms with E-state index in [0.29, 0.717) is 18.7 Å². The molecule has 1 aliphatic heterocycles. The lowest BCUT2D eigenvalue weighted by molar-refractivity contribution is -0.141. The number of aryl methyl sites for hydroxylation is 1. The molecule has 1 amide bonds. The molecule has 0 atom stereocenters. The summed E-state index contributed by atoms with van der Waals surface area (Å²) in [4.78, 5) is 15.8. The Bertz CT molecular complexity index is 1290. The van der Waals surface area contributed by atoms with E-state index in [-0.39, 0.29) is 11.5 Å². The molecule has 5 rings (SSSR count). The van der Waals surface area contributed by atoms with Crippen LogP contribution in [0.3, 0.4) is 0 Å². The molecule has 4 aromatic rings. The molecule has 0 spiro atoms. The van der Waals surface area contributed by atoms with Gasteiger partial charge in [-0.2, -0.15) is 18.3 Å². The van der Waals surface area contributed by atoms with Crippen LogP contribution in [0.2, 0.25) is 0 Å². The van der Waals surface area contributed by atoms with Crippen LogP contribution in [0, 0.1) is 0 Å². The van der Waals surface area contributed by atoms with Crippen molar-refractivity contribution in [3.8, 4) is 21.8 Å². The Morgan fingerprint density at radius 3 is 2.63 bits per heavy atom. The number of amides is 1. The predicted molar refractivity (Wildman–Crippen MR) is 130 cm³/mol. The van der Waals surface area contributed by atoms with Gasteiger partial charge in [-0.25, -0.2) is 0 Å². The predicted octanol–water partition coefficient (Wildman–Crippen LogP) is 6.67. The molecule has 1 aromatic carbocycles. The van der Waals surface area contributed by atoms with E-state index in [0.717, 1.165) is 23.6 Å². The summed E-state index contributed by atoms with van der Waals surface area (Å²) in [6.45, 7) is 7.16. The molecule has 0 aliphatic carbocycles. The first kappa shape index (κ1) is 24.5. The first-order chi connectivity index (χ1) is 16.8. The molecular weight excluding hydrogens is 475 g/mol. The highest BCUT2D eigenvalue weighted by Crippen LogP contribution is 2.36. The molecule has 9 heteroatoms. The number of carbonyl (C=O) groups is 1. The van der Waals surface area contributed by atoms with Crippen molar-refractivity contribution < 1.29 is 22.4 Å². The number of benzene rings is 1. The number of hydrogen-bond acceptors (Lipinski definition) is 4. The van der Waals surface area contributed by atoms with Gasteiger partial charge in [0.25, 0.3) is 0 Å². The van der Waals surface area contributed by atoms with Crippen molar-refractivity contribution in [2.24, 2.45) is 0 Å². The molecule has 3 aromatic heterocycles. The maximum absolute atomic E-state index is 12.8. The SMILES string of the molecule is C=CC(=O)N1CCc2cc(-c3ccco3)sc2C1.CCn1cc(-c2ccccc2)c(C(F)(F)F)n1. The van der Waals surface area contributed by atoms with Crippen LogP contribution >= 0.6 is 11.3 Å². The molecule has 0 saturated heterocycles. The third kappa shape index (κ3) is 5.57. The summed E-state index contributed by atoms with van der Waals surface area (Å²) in [6, 6.07) is 14.5. The topological polar surface area (TPSA) is 51.3 Å². The normalized spacial score (nSPS) is 13.1. The summed E-state index contributed by atoms with van der Waals surface area (Å²) < 4.78 is 45.1. The second-order valence-electron chi connectivity index (χ2n) is 7.86. The molecule has 35 heavy (non-hydrogen) atoms. The Labute approximate surface area is 205 Å². The average Bonchev–Trinajstić information content (AvgIpc) is 3.62. The van der Waals surface area contributed by atoms with Gasteiger partial charge < -0.3 is 9.32 Å². The monoisotopic (exact) mass is 499 g/mol. The van der Waals surface area contributed by atoms with E-state index in [4.69, 9.17) is 4.42 Å². The Morgan fingerprint density at radius 1 is 1.23 bits per heavy atom. The van der Waals surface area contributed by atoms with Gasteiger partial charge in [-0.1, -0.05) is 36.9 Å². The Balaban J connectivity index is 0.000000165. The van der Waals surface area contributed by atoms with Crippen LogP contribution in [-0.4, -0.2) is 27.1 Å². The van der Waals surface area contributed by atoms with Gasteiger partial charge in [0, 0.05) is 29.7 Å². The highest BCUT2D eigenvalue weighted by atomic mass is 32.1. The molecule has 0 saturated carbocycles. The van der Waals surface area contributed by atoms with Gasteiger partial charge in [-0.3, -0.25) is 9.48 Å². The van der Waals surface area contributed by atoms with Crippen molar-refractivity contribution in [2.45, 2.75) is 32.6 Å². The number of hydrogen-bond donors (Lipinski definition) is 0. The Kier molecular flexibility index (Phi) is 7.25. The Hall–Kier alpha value is -3.59. The highest BCUT2D eigenvalue weighted by Gasteiger charge is 2.37. The summed E-state index contributed by atoms with van der Waals surface area (Å²) in [5, 5.41) is 3.57. The minimum Gasteiger partial charge on any atom is -0.464 e. The lowest BCUT2D eigenvalue weighted by Gasteiger charge is -2.25. The van der Waals surface area contributed by atoms with Crippen LogP contribution in [0.25, 0.3) is 21.8 Å². The van der Waals surface area contributed by atoms with Crippen molar-refractivity contribution in [1.82, 2.24) is 14.7 Å². The van der Waals surface area contributed by atoms with Crippen LogP contribution in [0.4, 0.5) is 13.2 Å². The summed E-state index contributed by atoms with van der Waals surface area (Å²) in [6.07, 6.45) is 0.976. The molecule has 1 aliphatic rings. The Morgan fingerprint density at radius 2 is 2.00 bits per heavy atom. The summed E-state index contributed by atoms with van der Waals surface area (Å²) in [5.41, 5.74) is 1.16. The standard InChI is InChI=1S/C14H13NO2S.C12H11F3N2/c1-2-14(16)15-6-5-10-8-12(18-13(10)9-15)11-4-3-7-17-11;1-2-17-8-10(9-6-4-3-5-7-9)11(16-17)12(13,14)15/h2-4,7-8H,1,5-6,9H2;3-8H,2H2,1H3. The number of nitrogens with zero attached hydrogens (tertiary/aromatic N) is 3. The van der Waals surface area contributed by atoms with Gasteiger partial charge in [0.05, 0.1) is 17.7 Å².